The first kappa shape index (κ1) is 12.7. The van der Waals surface area contributed by atoms with Crippen molar-refractivity contribution in [2.75, 3.05) is 13.1 Å². The highest BCUT2D eigenvalue weighted by Gasteiger charge is 2.35. The summed E-state index contributed by atoms with van der Waals surface area (Å²) in [5.74, 6) is 1.49. The zero-order chi connectivity index (χ0) is 14.1. The summed E-state index contributed by atoms with van der Waals surface area (Å²) in [7, 11) is 0. The van der Waals surface area contributed by atoms with Gasteiger partial charge in [0, 0.05) is 18.7 Å². The third-order valence-electron chi connectivity index (χ3n) is 3.46. The van der Waals surface area contributed by atoms with Crippen molar-refractivity contribution >= 4 is 5.91 Å². The molecule has 1 aliphatic heterocycles. The van der Waals surface area contributed by atoms with Crippen molar-refractivity contribution in [1.29, 1.82) is 0 Å². The zero-order valence-electron chi connectivity index (χ0n) is 11.1. The molecule has 6 heteroatoms. The zero-order valence-corrected chi connectivity index (χ0v) is 11.1. The molecule has 0 unspecified atom stereocenters. The molecule has 1 N–H and O–H groups in total. The summed E-state index contributed by atoms with van der Waals surface area (Å²) in [6, 6.07) is 6.89. The minimum absolute atomic E-state index is 0.000938. The number of rotatable bonds is 3. The maximum absolute atomic E-state index is 12.1. The quantitative estimate of drug-likeness (QED) is 0.910. The van der Waals surface area contributed by atoms with Gasteiger partial charge in [-0.25, -0.2) is 0 Å². The van der Waals surface area contributed by atoms with Gasteiger partial charge in [0.05, 0.1) is 12.3 Å². The van der Waals surface area contributed by atoms with Crippen LogP contribution in [0.3, 0.4) is 0 Å². The van der Waals surface area contributed by atoms with Gasteiger partial charge in [-0.2, -0.15) is 4.98 Å². The van der Waals surface area contributed by atoms with Crippen molar-refractivity contribution < 1.29 is 14.4 Å². The molecule has 0 atom stereocenters. The molecule has 1 fully saturated rings. The van der Waals surface area contributed by atoms with Gasteiger partial charge in [0.1, 0.15) is 5.75 Å². The molecule has 1 aliphatic rings. The number of aryl methyl sites for hydroxylation is 1. The Labute approximate surface area is 116 Å². The van der Waals surface area contributed by atoms with Crippen molar-refractivity contribution in [3.63, 3.8) is 0 Å². The molecule has 20 heavy (non-hydrogen) atoms. The van der Waals surface area contributed by atoms with Crippen LogP contribution < -0.4 is 0 Å². The Morgan fingerprint density at radius 1 is 1.45 bits per heavy atom. The minimum Gasteiger partial charge on any atom is -0.508 e. The molecule has 0 saturated carbocycles. The molecule has 0 radical (unpaired) electrons. The fourth-order valence-corrected chi connectivity index (χ4v) is 2.25. The number of benzene rings is 1. The second-order valence-electron chi connectivity index (χ2n) is 4.98. The molecule has 1 aromatic carbocycles. The molecular weight excluding hydrogens is 258 g/mol. The number of carbonyl (C=O) groups excluding carboxylic acids is 1. The van der Waals surface area contributed by atoms with Crippen molar-refractivity contribution in [2.24, 2.45) is 0 Å². The van der Waals surface area contributed by atoms with Crippen LogP contribution in [0.5, 0.6) is 5.75 Å². The lowest BCUT2D eigenvalue weighted by Crippen LogP contribution is -2.49. The van der Waals surface area contributed by atoms with Gasteiger partial charge in [-0.1, -0.05) is 23.4 Å². The number of phenolic OH excluding ortho intramolecular Hbond substituents is 1. The number of phenols is 1. The maximum atomic E-state index is 12.1. The number of aromatic nitrogens is 2. The van der Waals surface area contributed by atoms with Crippen LogP contribution in [-0.2, 0) is 11.2 Å². The fourth-order valence-electron chi connectivity index (χ4n) is 2.25. The van der Waals surface area contributed by atoms with E-state index in [-0.39, 0.29) is 24.0 Å². The van der Waals surface area contributed by atoms with Crippen LogP contribution in [0.25, 0.3) is 0 Å². The van der Waals surface area contributed by atoms with Gasteiger partial charge >= 0.3 is 0 Å². The normalized spacial score (nSPS) is 15.2. The monoisotopic (exact) mass is 273 g/mol. The van der Waals surface area contributed by atoms with Gasteiger partial charge in [0.2, 0.25) is 11.8 Å². The van der Waals surface area contributed by atoms with Crippen molar-refractivity contribution in [2.45, 2.75) is 19.3 Å². The highest BCUT2D eigenvalue weighted by molar-refractivity contribution is 5.80. The number of carbonyl (C=O) groups is 1. The highest BCUT2D eigenvalue weighted by atomic mass is 16.5. The van der Waals surface area contributed by atoms with E-state index in [2.05, 4.69) is 10.1 Å². The van der Waals surface area contributed by atoms with Crippen molar-refractivity contribution in [1.82, 2.24) is 15.0 Å². The van der Waals surface area contributed by atoms with Gasteiger partial charge in [-0.15, -0.1) is 0 Å². The number of para-hydroxylation sites is 1. The minimum atomic E-state index is -0.000938. The predicted octanol–water partition coefficient (Wildman–Crippen LogP) is 1.25. The molecule has 0 aliphatic carbocycles. The Bertz CT molecular complexity index is 632. The summed E-state index contributed by atoms with van der Waals surface area (Å²) >= 11 is 0. The highest BCUT2D eigenvalue weighted by Crippen LogP contribution is 2.27. The van der Waals surface area contributed by atoms with Crippen LogP contribution in [-0.4, -0.2) is 39.1 Å². The summed E-state index contributed by atoms with van der Waals surface area (Å²) in [6.45, 7) is 2.95. The van der Waals surface area contributed by atoms with Gasteiger partial charge in [0.15, 0.2) is 5.82 Å². The summed E-state index contributed by atoms with van der Waals surface area (Å²) in [6.07, 6.45) is 0.211. The Balaban J connectivity index is 1.57. The van der Waals surface area contributed by atoms with E-state index >= 15 is 0 Å². The standard InChI is InChI=1S/C14H15N3O3/c1-9-15-14(20-16-9)11-7-17(8-11)13(19)6-10-4-2-3-5-12(10)18/h2-5,11,18H,6-8H2,1H3. The lowest BCUT2D eigenvalue weighted by Gasteiger charge is -2.37. The number of nitrogens with zero attached hydrogens (tertiary/aromatic N) is 3. The van der Waals surface area contributed by atoms with Gasteiger partial charge < -0.3 is 14.5 Å². The van der Waals surface area contributed by atoms with Crippen molar-refractivity contribution in [3.8, 4) is 5.75 Å². The number of hydrogen-bond donors (Lipinski definition) is 1. The molecule has 0 bridgehead atoms. The Morgan fingerprint density at radius 3 is 2.85 bits per heavy atom. The van der Waals surface area contributed by atoms with Crippen LogP contribution >= 0.6 is 0 Å². The molecule has 2 aromatic rings. The predicted molar refractivity (Wildman–Crippen MR) is 70.2 cm³/mol. The van der Waals surface area contributed by atoms with Crippen LogP contribution in [0.4, 0.5) is 0 Å². The van der Waals surface area contributed by atoms with E-state index in [1.807, 2.05) is 6.07 Å². The summed E-state index contributed by atoms with van der Waals surface area (Å²) < 4.78 is 5.09. The topological polar surface area (TPSA) is 79.5 Å². The van der Waals surface area contributed by atoms with E-state index in [0.29, 0.717) is 30.4 Å². The van der Waals surface area contributed by atoms with Crippen LogP contribution in [0.2, 0.25) is 0 Å². The number of amides is 1. The third-order valence-corrected chi connectivity index (χ3v) is 3.46. The Kier molecular flexibility index (Phi) is 3.14. The first-order valence-corrected chi connectivity index (χ1v) is 6.48. The van der Waals surface area contributed by atoms with E-state index in [0.717, 1.165) is 0 Å². The molecule has 3 rings (SSSR count). The van der Waals surface area contributed by atoms with Crippen LogP contribution in [0, 0.1) is 6.92 Å². The van der Waals surface area contributed by atoms with Gasteiger partial charge in [-0.05, 0) is 13.0 Å². The number of likely N-dealkylation sites (tertiary alicyclic amines) is 1. The average molecular weight is 273 g/mol. The molecule has 6 nitrogen and oxygen atoms in total. The summed E-state index contributed by atoms with van der Waals surface area (Å²) in [5.41, 5.74) is 0.648. The van der Waals surface area contributed by atoms with Crippen LogP contribution in [0.15, 0.2) is 28.8 Å². The molecule has 2 heterocycles. The lowest BCUT2D eigenvalue weighted by molar-refractivity contribution is -0.135. The number of hydrogen-bond acceptors (Lipinski definition) is 5. The van der Waals surface area contributed by atoms with E-state index < -0.39 is 0 Å². The lowest BCUT2D eigenvalue weighted by atomic mass is 9.98. The van der Waals surface area contributed by atoms with Gasteiger partial charge in [0.25, 0.3) is 0 Å². The van der Waals surface area contributed by atoms with Gasteiger partial charge in [-0.3, -0.25) is 4.79 Å². The molecule has 1 saturated heterocycles. The summed E-state index contributed by atoms with van der Waals surface area (Å²) in [5, 5.41) is 13.4. The number of aromatic hydroxyl groups is 1. The van der Waals surface area contributed by atoms with E-state index in [1.165, 1.54) is 0 Å². The largest absolute Gasteiger partial charge is 0.508 e. The Hall–Kier alpha value is -2.37. The molecule has 1 amide bonds. The first-order chi connectivity index (χ1) is 9.63. The summed E-state index contributed by atoms with van der Waals surface area (Å²) in [4.78, 5) is 18.0. The SMILES string of the molecule is Cc1noc(C2CN(C(=O)Cc3ccccc3O)C2)n1. The van der Waals surface area contributed by atoms with E-state index in [9.17, 15) is 9.90 Å². The fraction of sp³-hybridized carbons (Fsp3) is 0.357. The van der Waals surface area contributed by atoms with Crippen LogP contribution in [0.1, 0.15) is 23.2 Å². The van der Waals surface area contributed by atoms with E-state index in [4.69, 9.17) is 4.52 Å². The van der Waals surface area contributed by atoms with E-state index in [1.54, 1.807) is 30.0 Å². The smallest absolute Gasteiger partial charge is 0.233 e. The second kappa shape index (κ2) is 4.96. The first-order valence-electron chi connectivity index (χ1n) is 6.48. The Morgan fingerprint density at radius 2 is 2.20 bits per heavy atom. The van der Waals surface area contributed by atoms with Crippen molar-refractivity contribution in [3.05, 3.63) is 41.5 Å². The average Bonchev–Trinajstić information content (AvgIpc) is 2.77. The second-order valence-corrected chi connectivity index (χ2v) is 4.98. The molecule has 0 spiro atoms. The molecular formula is C14H15N3O3. The molecule has 1 aromatic heterocycles. The maximum Gasteiger partial charge on any atom is 0.233 e. The third kappa shape index (κ3) is 2.36. The molecule has 104 valence electrons.